The highest BCUT2D eigenvalue weighted by Crippen LogP contribution is 2.39. The molecule has 21 heavy (non-hydrogen) atoms. The average molecular weight is 321 g/mol. The van der Waals surface area contributed by atoms with Gasteiger partial charge in [-0.25, -0.2) is 8.42 Å². The van der Waals surface area contributed by atoms with Gasteiger partial charge in [0, 0.05) is 6.04 Å². The van der Waals surface area contributed by atoms with E-state index >= 15 is 0 Å². The zero-order valence-electron chi connectivity index (χ0n) is 11.7. The van der Waals surface area contributed by atoms with E-state index in [1.54, 1.807) is 13.1 Å². The lowest BCUT2D eigenvalue weighted by Gasteiger charge is -2.31. The predicted molar refractivity (Wildman–Crippen MR) is 74.6 cm³/mol. The highest BCUT2D eigenvalue weighted by molar-refractivity contribution is 7.91. The van der Waals surface area contributed by atoms with E-state index in [4.69, 9.17) is 0 Å². The zero-order chi connectivity index (χ0) is 15.7. The Labute approximate surface area is 122 Å². The summed E-state index contributed by atoms with van der Waals surface area (Å²) >= 11 is 0. The van der Waals surface area contributed by atoms with Crippen molar-refractivity contribution in [2.45, 2.75) is 25.1 Å². The molecule has 1 N–H and O–H groups in total. The summed E-state index contributed by atoms with van der Waals surface area (Å²) in [6, 6.07) is 4.99. The molecule has 3 nitrogen and oxygen atoms in total. The summed E-state index contributed by atoms with van der Waals surface area (Å²) in [6.07, 6.45) is -3.63. The monoisotopic (exact) mass is 321 g/mol. The molecule has 0 radical (unpaired) electrons. The molecule has 1 aromatic rings. The molecule has 1 aromatic carbocycles. The molecule has 0 aliphatic carbocycles. The maximum absolute atomic E-state index is 13.1. The average Bonchev–Trinajstić information content (AvgIpc) is 2.41. The first-order valence-corrected chi connectivity index (χ1v) is 8.60. The number of sulfone groups is 1. The Morgan fingerprint density at radius 3 is 2.29 bits per heavy atom. The lowest BCUT2D eigenvalue weighted by molar-refractivity contribution is -0.138. The molecule has 1 heterocycles. The van der Waals surface area contributed by atoms with E-state index in [0.717, 1.165) is 6.07 Å². The van der Waals surface area contributed by atoms with E-state index in [2.05, 4.69) is 5.32 Å². The van der Waals surface area contributed by atoms with Crippen LogP contribution < -0.4 is 5.32 Å². The van der Waals surface area contributed by atoms with Crippen molar-refractivity contribution in [3.63, 3.8) is 0 Å². The topological polar surface area (TPSA) is 46.2 Å². The van der Waals surface area contributed by atoms with Crippen molar-refractivity contribution in [3.8, 4) is 0 Å². The third-order valence-electron chi connectivity index (χ3n) is 3.98. The van der Waals surface area contributed by atoms with Gasteiger partial charge < -0.3 is 5.32 Å². The van der Waals surface area contributed by atoms with Crippen molar-refractivity contribution in [1.82, 2.24) is 5.32 Å². The van der Waals surface area contributed by atoms with E-state index in [-0.39, 0.29) is 23.0 Å². The van der Waals surface area contributed by atoms with Crippen LogP contribution in [0.4, 0.5) is 13.2 Å². The van der Waals surface area contributed by atoms with Gasteiger partial charge in [0.15, 0.2) is 0 Å². The van der Waals surface area contributed by atoms with Crippen LogP contribution in [-0.4, -0.2) is 27.0 Å². The van der Waals surface area contributed by atoms with Crippen molar-refractivity contribution in [2.24, 2.45) is 5.92 Å². The van der Waals surface area contributed by atoms with Gasteiger partial charge in [-0.3, -0.25) is 0 Å². The predicted octanol–water partition coefficient (Wildman–Crippen LogP) is 2.79. The number of hydrogen-bond donors (Lipinski definition) is 1. The van der Waals surface area contributed by atoms with Gasteiger partial charge in [-0.05, 0) is 37.4 Å². The molecule has 2 rings (SSSR count). The molecule has 0 bridgehead atoms. The first-order valence-electron chi connectivity index (χ1n) is 6.78. The quantitative estimate of drug-likeness (QED) is 0.931. The second-order valence-corrected chi connectivity index (χ2v) is 7.64. The third-order valence-corrected chi connectivity index (χ3v) is 5.70. The summed E-state index contributed by atoms with van der Waals surface area (Å²) in [6.45, 7) is 0. The van der Waals surface area contributed by atoms with E-state index in [1.807, 2.05) is 0 Å². The minimum absolute atomic E-state index is 0.0457. The van der Waals surface area contributed by atoms with Crippen molar-refractivity contribution < 1.29 is 21.6 Å². The van der Waals surface area contributed by atoms with E-state index in [1.165, 1.54) is 12.1 Å². The van der Waals surface area contributed by atoms with Crippen molar-refractivity contribution >= 4 is 9.84 Å². The largest absolute Gasteiger partial charge is 0.416 e. The standard InChI is InChI=1S/C14H18F3NO2S/c1-18-13(10-6-8-21(19,20)9-7-10)11-4-2-3-5-12(11)14(15,16)17/h2-5,10,13,18H,6-9H2,1H3. The fourth-order valence-corrected chi connectivity index (χ4v) is 4.44. The van der Waals surface area contributed by atoms with Crippen LogP contribution in [0, 0.1) is 5.92 Å². The van der Waals surface area contributed by atoms with Gasteiger partial charge in [0.25, 0.3) is 0 Å². The molecule has 1 aliphatic heterocycles. The Bertz CT molecular complexity index is 584. The lowest BCUT2D eigenvalue weighted by atomic mass is 9.86. The summed E-state index contributed by atoms with van der Waals surface area (Å²) < 4.78 is 62.3. The van der Waals surface area contributed by atoms with Gasteiger partial charge in [-0.1, -0.05) is 18.2 Å². The fraction of sp³-hybridized carbons (Fsp3) is 0.571. The molecule has 1 fully saturated rings. The summed E-state index contributed by atoms with van der Waals surface area (Å²) in [5.74, 6) is -0.0179. The molecule has 7 heteroatoms. The van der Waals surface area contributed by atoms with Crippen LogP contribution >= 0.6 is 0 Å². The maximum Gasteiger partial charge on any atom is 0.416 e. The molecule has 0 spiro atoms. The number of benzene rings is 1. The van der Waals surface area contributed by atoms with Crippen LogP contribution in [0.2, 0.25) is 0 Å². The lowest BCUT2D eigenvalue weighted by Crippen LogP contribution is -2.33. The number of halogens is 3. The van der Waals surface area contributed by atoms with Crippen LogP contribution in [0.5, 0.6) is 0 Å². The maximum atomic E-state index is 13.1. The van der Waals surface area contributed by atoms with Crippen LogP contribution in [0.15, 0.2) is 24.3 Å². The molecule has 0 amide bonds. The Morgan fingerprint density at radius 2 is 1.76 bits per heavy atom. The summed E-state index contributed by atoms with van der Waals surface area (Å²) in [5.41, 5.74) is -0.463. The number of alkyl halides is 3. The van der Waals surface area contributed by atoms with Gasteiger partial charge in [0.05, 0.1) is 17.1 Å². The van der Waals surface area contributed by atoms with Crippen molar-refractivity contribution in [3.05, 3.63) is 35.4 Å². The second kappa shape index (κ2) is 5.96. The Hall–Kier alpha value is -1.08. The Morgan fingerprint density at radius 1 is 1.19 bits per heavy atom. The van der Waals surface area contributed by atoms with Gasteiger partial charge in [-0.2, -0.15) is 13.2 Å². The number of nitrogens with one attached hydrogen (secondary N) is 1. The highest BCUT2D eigenvalue weighted by Gasteiger charge is 2.37. The van der Waals surface area contributed by atoms with Crippen LogP contribution in [-0.2, 0) is 16.0 Å². The Balaban J connectivity index is 2.31. The summed E-state index contributed by atoms with van der Waals surface area (Å²) in [5, 5.41) is 2.93. The second-order valence-electron chi connectivity index (χ2n) is 5.34. The van der Waals surface area contributed by atoms with E-state index < -0.39 is 27.6 Å². The van der Waals surface area contributed by atoms with Gasteiger partial charge in [0.2, 0.25) is 0 Å². The van der Waals surface area contributed by atoms with Crippen LogP contribution in [0.3, 0.4) is 0 Å². The van der Waals surface area contributed by atoms with Crippen LogP contribution in [0.25, 0.3) is 0 Å². The van der Waals surface area contributed by atoms with Crippen molar-refractivity contribution in [2.75, 3.05) is 18.6 Å². The first kappa shape index (κ1) is 16.3. The zero-order valence-corrected chi connectivity index (χ0v) is 12.5. The molecular formula is C14H18F3NO2S. The smallest absolute Gasteiger partial charge is 0.313 e. The van der Waals surface area contributed by atoms with Crippen molar-refractivity contribution in [1.29, 1.82) is 0 Å². The molecule has 1 saturated heterocycles. The fourth-order valence-electron chi connectivity index (χ4n) is 2.91. The number of hydrogen-bond acceptors (Lipinski definition) is 3. The normalized spacial score (nSPS) is 21.1. The van der Waals surface area contributed by atoms with E-state index in [0.29, 0.717) is 12.8 Å². The molecule has 0 saturated carbocycles. The minimum atomic E-state index is -4.41. The van der Waals surface area contributed by atoms with Crippen LogP contribution in [0.1, 0.15) is 30.0 Å². The first-order chi connectivity index (χ1) is 9.74. The SMILES string of the molecule is CNC(c1ccccc1C(F)(F)F)C1CCS(=O)(=O)CC1. The molecule has 1 atom stereocenters. The minimum Gasteiger partial charge on any atom is -0.313 e. The molecular weight excluding hydrogens is 303 g/mol. The van der Waals surface area contributed by atoms with Gasteiger partial charge in [0.1, 0.15) is 9.84 Å². The molecule has 1 aliphatic rings. The summed E-state index contributed by atoms with van der Waals surface area (Å²) in [4.78, 5) is 0. The molecule has 1 unspecified atom stereocenters. The third kappa shape index (κ3) is 3.77. The number of rotatable bonds is 3. The van der Waals surface area contributed by atoms with E-state index in [9.17, 15) is 21.6 Å². The van der Waals surface area contributed by atoms with Gasteiger partial charge in [-0.15, -0.1) is 0 Å². The molecule has 118 valence electrons. The summed E-state index contributed by atoms with van der Waals surface area (Å²) in [7, 11) is -1.42. The van der Waals surface area contributed by atoms with Gasteiger partial charge >= 0.3 is 6.18 Å². The Kier molecular flexibility index (Phi) is 4.63. The highest BCUT2D eigenvalue weighted by atomic mass is 32.2. The molecule has 0 aromatic heterocycles.